The lowest BCUT2D eigenvalue weighted by molar-refractivity contribution is -0.137. The molecule has 0 saturated carbocycles. The number of alkyl halides is 3. The van der Waals surface area contributed by atoms with Gasteiger partial charge in [0, 0.05) is 47.5 Å². The fourth-order valence-corrected chi connectivity index (χ4v) is 5.55. The number of nitrogens with two attached hydrogens (primary N) is 1. The lowest BCUT2D eigenvalue weighted by Gasteiger charge is -2.25. The van der Waals surface area contributed by atoms with Crippen molar-refractivity contribution in [1.29, 1.82) is 5.26 Å². The quantitative estimate of drug-likeness (QED) is 0.501. The number of halogens is 4. The summed E-state index contributed by atoms with van der Waals surface area (Å²) in [5.74, 6) is -0.576. The number of nitrogens with zero attached hydrogens (tertiary/aromatic N) is 5. The van der Waals surface area contributed by atoms with Crippen LogP contribution < -0.4 is 11.1 Å². The zero-order valence-corrected chi connectivity index (χ0v) is 20.6. The zero-order valence-electron chi connectivity index (χ0n) is 19.8. The monoisotopic (exact) mass is 529 g/mol. The van der Waals surface area contributed by atoms with Crippen molar-refractivity contribution in [3.63, 3.8) is 0 Å². The summed E-state index contributed by atoms with van der Waals surface area (Å²) < 4.78 is 41.7. The molecule has 1 saturated heterocycles. The van der Waals surface area contributed by atoms with Crippen molar-refractivity contribution in [3.8, 4) is 17.3 Å². The first-order valence-corrected chi connectivity index (χ1v) is 12.0. The first kappa shape index (κ1) is 24.9. The standard InChI is InChI=1S/C25H23ClF3N7O/c1-14(17-3-2-15(11-30)8-19(17)26)33-23(37)35-6-4-24(13-35)5-7-36-21(24)10-20(34-36)16-9-18(25(27,28)29)22(31)32-12-16/h2-3,8-10,12,14H,4-7,13H2,1H3,(H2,31,32)(H,33,37). The molecule has 2 aromatic heterocycles. The van der Waals surface area contributed by atoms with Crippen molar-refractivity contribution >= 4 is 23.4 Å². The number of aromatic nitrogens is 3. The molecule has 2 unspecified atom stereocenters. The molecule has 3 aromatic rings. The van der Waals surface area contributed by atoms with Gasteiger partial charge in [-0.2, -0.15) is 23.5 Å². The van der Waals surface area contributed by atoms with E-state index in [-0.39, 0.29) is 23.1 Å². The number of hydrogen-bond donors (Lipinski definition) is 2. The molecule has 8 nitrogen and oxygen atoms in total. The number of nitrogens with one attached hydrogen (secondary N) is 1. The highest BCUT2D eigenvalue weighted by Crippen LogP contribution is 2.44. The number of likely N-dealkylation sites (tertiary alicyclic amines) is 1. The average Bonchev–Trinajstić information content (AvgIpc) is 3.55. The molecule has 2 aliphatic heterocycles. The fourth-order valence-electron chi connectivity index (χ4n) is 5.21. The minimum atomic E-state index is -4.62. The van der Waals surface area contributed by atoms with Crippen molar-refractivity contribution < 1.29 is 18.0 Å². The number of rotatable bonds is 3. The highest BCUT2D eigenvalue weighted by molar-refractivity contribution is 6.31. The Kier molecular flexibility index (Phi) is 6.02. The first-order chi connectivity index (χ1) is 17.5. The third-order valence-electron chi connectivity index (χ3n) is 7.22. The van der Waals surface area contributed by atoms with Gasteiger partial charge in [-0.15, -0.1) is 0 Å². The van der Waals surface area contributed by atoms with Gasteiger partial charge in [-0.1, -0.05) is 17.7 Å². The number of fused-ring (bicyclic) bond motifs is 2. The Morgan fingerprint density at radius 2 is 2.03 bits per heavy atom. The Labute approximate surface area is 215 Å². The summed E-state index contributed by atoms with van der Waals surface area (Å²) in [6, 6.07) is 9.14. The number of benzene rings is 1. The van der Waals surface area contributed by atoms with Gasteiger partial charge < -0.3 is 16.0 Å². The van der Waals surface area contributed by atoms with E-state index in [4.69, 9.17) is 22.6 Å². The minimum Gasteiger partial charge on any atom is -0.383 e. The van der Waals surface area contributed by atoms with Crippen LogP contribution >= 0.6 is 11.6 Å². The SMILES string of the molecule is CC(NC(=O)N1CCC2(CCn3nc(-c4cnc(N)c(C(F)(F)F)c4)cc32)C1)c1ccc(C#N)cc1Cl. The topological polar surface area (TPSA) is 113 Å². The summed E-state index contributed by atoms with van der Waals surface area (Å²) >= 11 is 6.30. The molecular formula is C25H23ClF3N7O. The average molecular weight is 530 g/mol. The summed E-state index contributed by atoms with van der Waals surface area (Å²) in [7, 11) is 0. The molecule has 1 spiro atoms. The third kappa shape index (κ3) is 4.46. The van der Waals surface area contributed by atoms with Crippen molar-refractivity contribution in [2.45, 2.75) is 43.9 Å². The molecule has 0 aliphatic carbocycles. The highest BCUT2D eigenvalue weighted by atomic mass is 35.5. The van der Waals surface area contributed by atoms with Crippen LogP contribution in [0.5, 0.6) is 0 Å². The maximum absolute atomic E-state index is 13.3. The van der Waals surface area contributed by atoms with E-state index in [0.717, 1.165) is 18.2 Å². The molecule has 2 aliphatic rings. The van der Waals surface area contributed by atoms with Crippen LogP contribution in [0.25, 0.3) is 11.3 Å². The van der Waals surface area contributed by atoms with Crippen molar-refractivity contribution in [2.75, 3.05) is 18.8 Å². The molecule has 2 atom stereocenters. The molecule has 2 amide bonds. The summed E-state index contributed by atoms with van der Waals surface area (Å²) in [4.78, 5) is 18.5. The van der Waals surface area contributed by atoms with E-state index < -0.39 is 17.6 Å². The van der Waals surface area contributed by atoms with E-state index in [9.17, 15) is 18.0 Å². The molecule has 37 heavy (non-hydrogen) atoms. The van der Waals surface area contributed by atoms with Crippen LogP contribution in [0.2, 0.25) is 5.02 Å². The second kappa shape index (κ2) is 8.95. The minimum absolute atomic E-state index is 0.235. The van der Waals surface area contributed by atoms with Gasteiger partial charge in [0.05, 0.1) is 28.9 Å². The van der Waals surface area contributed by atoms with Crippen LogP contribution in [0, 0.1) is 11.3 Å². The van der Waals surface area contributed by atoms with E-state index >= 15 is 0 Å². The van der Waals surface area contributed by atoms with Gasteiger partial charge in [0.1, 0.15) is 5.82 Å². The number of nitriles is 1. The van der Waals surface area contributed by atoms with Crippen LogP contribution in [0.1, 0.15) is 48.2 Å². The summed E-state index contributed by atoms with van der Waals surface area (Å²) in [5.41, 5.74) is 6.79. The van der Waals surface area contributed by atoms with Gasteiger partial charge in [0.2, 0.25) is 0 Å². The summed E-state index contributed by atoms with van der Waals surface area (Å²) in [6.45, 7) is 3.42. The first-order valence-electron chi connectivity index (χ1n) is 11.7. The molecule has 3 N–H and O–H groups in total. The molecule has 12 heteroatoms. The number of hydrogen-bond acceptors (Lipinski definition) is 5. The van der Waals surface area contributed by atoms with Crippen LogP contribution in [0.3, 0.4) is 0 Å². The number of nitrogen functional groups attached to an aromatic ring is 1. The highest BCUT2D eigenvalue weighted by Gasteiger charge is 2.47. The molecule has 5 rings (SSSR count). The lowest BCUT2D eigenvalue weighted by atomic mass is 9.82. The van der Waals surface area contributed by atoms with Crippen molar-refractivity contribution in [3.05, 3.63) is 63.9 Å². The van der Waals surface area contributed by atoms with Crippen molar-refractivity contribution in [2.24, 2.45) is 0 Å². The van der Waals surface area contributed by atoms with Gasteiger partial charge >= 0.3 is 12.2 Å². The number of aryl methyl sites for hydroxylation is 1. The van der Waals surface area contributed by atoms with Gasteiger partial charge in [0.25, 0.3) is 0 Å². The Morgan fingerprint density at radius 1 is 1.27 bits per heavy atom. The van der Waals surface area contributed by atoms with Crippen LogP contribution in [0.15, 0.2) is 36.5 Å². The van der Waals surface area contributed by atoms with Gasteiger partial charge in [-0.05, 0) is 49.6 Å². The Hall–Kier alpha value is -3.78. The number of anilines is 1. The number of carbonyl (C=O) groups excluding carboxylic acids is 1. The van der Waals surface area contributed by atoms with Crippen LogP contribution in [-0.4, -0.2) is 38.8 Å². The Morgan fingerprint density at radius 3 is 2.73 bits per heavy atom. The van der Waals surface area contributed by atoms with Gasteiger partial charge in [-0.3, -0.25) is 4.68 Å². The predicted octanol–water partition coefficient (Wildman–Crippen LogP) is 4.89. The summed E-state index contributed by atoms with van der Waals surface area (Å²) in [5, 5.41) is 16.9. The van der Waals surface area contributed by atoms with Crippen LogP contribution in [0.4, 0.5) is 23.8 Å². The van der Waals surface area contributed by atoms with Gasteiger partial charge in [0.15, 0.2) is 0 Å². The Bertz CT molecular complexity index is 1430. The predicted molar refractivity (Wildman–Crippen MR) is 130 cm³/mol. The van der Waals surface area contributed by atoms with E-state index in [1.54, 1.807) is 33.8 Å². The molecular weight excluding hydrogens is 507 g/mol. The van der Waals surface area contributed by atoms with Crippen LogP contribution in [-0.2, 0) is 18.1 Å². The van der Waals surface area contributed by atoms with Crippen molar-refractivity contribution in [1.82, 2.24) is 25.0 Å². The maximum atomic E-state index is 13.3. The smallest absolute Gasteiger partial charge is 0.383 e. The maximum Gasteiger partial charge on any atom is 0.419 e. The van der Waals surface area contributed by atoms with E-state index in [0.29, 0.717) is 47.9 Å². The molecule has 1 aromatic carbocycles. The lowest BCUT2D eigenvalue weighted by Crippen LogP contribution is -2.41. The molecule has 0 bridgehead atoms. The zero-order chi connectivity index (χ0) is 26.5. The van der Waals surface area contributed by atoms with E-state index in [1.165, 1.54) is 6.20 Å². The molecule has 4 heterocycles. The second-order valence-corrected chi connectivity index (χ2v) is 9.92. The largest absolute Gasteiger partial charge is 0.419 e. The second-order valence-electron chi connectivity index (χ2n) is 9.51. The van der Waals surface area contributed by atoms with E-state index in [2.05, 4.69) is 15.4 Å². The number of carbonyl (C=O) groups is 1. The fraction of sp³-hybridized carbons (Fsp3) is 0.360. The number of amides is 2. The Balaban J connectivity index is 1.32. The van der Waals surface area contributed by atoms with Gasteiger partial charge in [-0.25, -0.2) is 9.78 Å². The molecule has 192 valence electrons. The van der Waals surface area contributed by atoms with E-state index in [1.807, 2.05) is 13.0 Å². The number of pyridine rings is 1. The summed E-state index contributed by atoms with van der Waals surface area (Å²) in [6.07, 6.45) is -1.83. The molecule has 0 radical (unpaired) electrons. The number of urea groups is 1. The normalized spacial score (nSPS) is 19.6. The third-order valence-corrected chi connectivity index (χ3v) is 7.55. The molecule has 1 fully saturated rings.